The number of ether oxygens (including phenoxy) is 2. The topological polar surface area (TPSA) is 21.8 Å². The van der Waals surface area contributed by atoms with Crippen LogP contribution in [0.15, 0.2) is 0 Å². The molecule has 126 valence electrons. The average Bonchev–Trinajstić information content (AvgIpc) is 3.22. The first kappa shape index (κ1) is 19.3. The van der Waals surface area contributed by atoms with Gasteiger partial charge in [-0.15, -0.1) is 11.6 Å². The quantitative estimate of drug-likeness (QED) is 0.237. The van der Waals surface area contributed by atoms with Crippen LogP contribution in [0.2, 0.25) is 0 Å². The molecular formula is C18H35ClO2. The lowest BCUT2D eigenvalue weighted by Crippen LogP contribution is -2.25. The van der Waals surface area contributed by atoms with E-state index in [2.05, 4.69) is 20.8 Å². The van der Waals surface area contributed by atoms with Crippen LogP contribution in [0.3, 0.4) is 0 Å². The van der Waals surface area contributed by atoms with Crippen molar-refractivity contribution < 1.29 is 9.47 Å². The van der Waals surface area contributed by atoms with E-state index in [1.54, 1.807) is 0 Å². The first-order valence-corrected chi connectivity index (χ1v) is 9.30. The molecule has 1 heterocycles. The maximum Gasteiger partial charge on any atom is 0.104 e. The van der Waals surface area contributed by atoms with Crippen molar-refractivity contribution in [1.82, 2.24) is 0 Å². The molecule has 0 aromatic rings. The van der Waals surface area contributed by atoms with Crippen molar-refractivity contribution in [3.05, 3.63) is 0 Å². The molecule has 2 unspecified atom stereocenters. The van der Waals surface area contributed by atoms with Crippen LogP contribution >= 0.6 is 11.6 Å². The Morgan fingerprint density at radius 2 is 1.71 bits per heavy atom. The Bertz CT molecular complexity index is 246. The van der Waals surface area contributed by atoms with Crippen LogP contribution < -0.4 is 0 Å². The molecule has 0 aliphatic carbocycles. The molecule has 0 saturated carbocycles. The average molecular weight is 319 g/mol. The fourth-order valence-electron chi connectivity index (χ4n) is 2.81. The largest absolute Gasteiger partial charge is 0.379 e. The Hall–Kier alpha value is 0.210. The van der Waals surface area contributed by atoms with Gasteiger partial charge in [0.25, 0.3) is 0 Å². The van der Waals surface area contributed by atoms with Crippen LogP contribution in [0, 0.1) is 5.92 Å². The van der Waals surface area contributed by atoms with E-state index in [1.807, 2.05) is 0 Å². The van der Waals surface area contributed by atoms with E-state index >= 15 is 0 Å². The van der Waals surface area contributed by atoms with Crippen molar-refractivity contribution in [1.29, 1.82) is 0 Å². The fourth-order valence-corrected chi connectivity index (χ4v) is 3.03. The van der Waals surface area contributed by atoms with Crippen LogP contribution in [0.1, 0.15) is 78.6 Å². The molecule has 1 aliphatic heterocycles. The van der Waals surface area contributed by atoms with E-state index in [0.717, 1.165) is 26.2 Å². The van der Waals surface area contributed by atoms with Crippen LogP contribution in [0.25, 0.3) is 0 Å². The Balaban J connectivity index is 2.06. The SMILES string of the molecule is CCCCCCCCC(CCCOCC1CO1)C(C)(C)Cl. The number of halogens is 1. The third kappa shape index (κ3) is 10.5. The fraction of sp³-hybridized carbons (Fsp3) is 1.00. The Morgan fingerprint density at radius 3 is 2.33 bits per heavy atom. The number of unbranched alkanes of at least 4 members (excludes halogenated alkanes) is 5. The van der Waals surface area contributed by atoms with Gasteiger partial charge in [0.1, 0.15) is 6.10 Å². The molecule has 0 aromatic heterocycles. The molecule has 21 heavy (non-hydrogen) atoms. The summed E-state index contributed by atoms with van der Waals surface area (Å²) in [5, 5.41) is 0. The summed E-state index contributed by atoms with van der Waals surface area (Å²) in [5.41, 5.74) is 0. The van der Waals surface area contributed by atoms with Crippen molar-refractivity contribution in [2.24, 2.45) is 5.92 Å². The van der Waals surface area contributed by atoms with E-state index in [9.17, 15) is 0 Å². The van der Waals surface area contributed by atoms with Crippen LogP contribution in [0.5, 0.6) is 0 Å². The summed E-state index contributed by atoms with van der Waals surface area (Å²) in [6.45, 7) is 9.09. The number of alkyl halides is 1. The summed E-state index contributed by atoms with van der Waals surface area (Å²) < 4.78 is 10.8. The van der Waals surface area contributed by atoms with Crippen LogP contribution in [0.4, 0.5) is 0 Å². The second kappa shape index (κ2) is 10.9. The lowest BCUT2D eigenvalue weighted by atomic mass is 9.85. The van der Waals surface area contributed by atoms with E-state index in [1.165, 1.54) is 51.4 Å². The number of epoxide rings is 1. The highest BCUT2D eigenvalue weighted by atomic mass is 35.5. The smallest absolute Gasteiger partial charge is 0.104 e. The summed E-state index contributed by atoms with van der Waals surface area (Å²) >= 11 is 6.57. The van der Waals surface area contributed by atoms with Gasteiger partial charge in [0.15, 0.2) is 0 Å². The van der Waals surface area contributed by atoms with Gasteiger partial charge >= 0.3 is 0 Å². The van der Waals surface area contributed by atoms with Crippen molar-refractivity contribution in [3.63, 3.8) is 0 Å². The predicted molar refractivity (Wildman–Crippen MR) is 91.2 cm³/mol. The zero-order valence-corrected chi connectivity index (χ0v) is 15.1. The van der Waals surface area contributed by atoms with Crippen molar-refractivity contribution >= 4 is 11.6 Å². The van der Waals surface area contributed by atoms with Crippen LogP contribution in [-0.2, 0) is 9.47 Å². The molecule has 1 aliphatic rings. The first-order valence-electron chi connectivity index (χ1n) is 8.92. The second-order valence-electron chi connectivity index (χ2n) is 6.99. The zero-order valence-electron chi connectivity index (χ0n) is 14.3. The molecule has 0 spiro atoms. The van der Waals surface area contributed by atoms with E-state index in [0.29, 0.717) is 12.0 Å². The number of hydrogen-bond acceptors (Lipinski definition) is 2. The molecule has 2 atom stereocenters. The summed E-state index contributed by atoms with van der Waals surface area (Å²) in [6.07, 6.45) is 12.1. The van der Waals surface area contributed by atoms with Gasteiger partial charge < -0.3 is 9.47 Å². The van der Waals surface area contributed by atoms with Crippen LogP contribution in [-0.4, -0.2) is 30.8 Å². The third-order valence-corrected chi connectivity index (χ3v) is 4.73. The first-order chi connectivity index (χ1) is 10.0. The Morgan fingerprint density at radius 1 is 1.10 bits per heavy atom. The monoisotopic (exact) mass is 318 g/mol. The third-order valence-electron chi connectivity index (χ3n) is 4.42. The highest BCUT2D eigenvalue weighted by Gasteiger charge is 2.26. The van der Waals surface area contributed by atoms with Crippen molar-refractivity contribution in [2.75, 3.05) is 19.8 Å². The second-order valence-corrected chi connectivity index (χ2v) is 7.96. The van der Waals surface area contributed by atoms with Gasteiger partial charge in [-0.05, 0) is 39.0 Å². The molecule has 1 fully saturated rings. The highest BCUT2D eigenvalue weighted by Crippen LogP contribution is 2.32. The summed E-state index contributed by atoms with van der Waals surface area (Å²) in [6, 6.07) is 0. The molecule has 0 aromatic carbocycles. The zero-order chi connectivity index (χ0) is 15.6. The molecule has 0 amide bonds. The maximum atomic E-state index is 6.57. The van der Waals surface area contributed by atoms with Gasteiger partial charge in [-0.25, -0.2) is 0 Å². The lowest BCUT2D eigenvalue weighted by Gasteiger charge is -2.28. The lowest BCUT2D eigenvalue weighted by molar-refractivity contribution is 0.108. The van der Waals surface area contributed by atoms with Crippen molar-refractivity contribution in [2.45, 2.75) is 89.5 Å². The highest BCUT2D eigenvalue weighted by molar-refractivity contribution is 6.23. The molecule has 0 radical (unpaired) electrons. The van der Waals surface area contributed by atoms with Gasteiger partial charge in [-0.2, -0.15) is 0 Å². The molecule has 2 nitrogen and oxygen atoms in total. The van der Waals surface area contributed by atoms with E-state index in [-0.39, 0.29) is 4.87 Å². The molecule has 0 N–H and O–H groups in total. The maximum absolute atomic E-state index is 6.57. The minimum Gasteiger partial charge on any atom is -0.379 e. The van der Waals surface area contributed by atoms with Gasteiger partial charge in [-0.3, -0.25) is 0 Å². The minimum atomic E-state index is -0.0942. The van der Waals surface area contributed by atoms with Gasteiger partial charge in [0.05, 0.1) is 13.2 Å². The minimum absolute atomic E-state index is 0.0942. The number of rotatable bonds is 14. The number of hydrogen-bond donors (Lipinski definition) is 0. The van der Waals surface area contributed by atoms with Gasteiger partial charge in [-0.1, -0.05) is 45.4 Å². The molecule has 3 heteroatoms. The summed E-state index contributed by atoms with van der Waals surface area (Å²) in [7, 11) is 0. The van der Waals surface area contributed by atoms with E-state index < -0.39 is 0 Å². The van der Waals surface area contributed by atoms with Gasteiger partial charge in [0.2, 0.25) is 0 Å². The molecule has 1 saturated heterocycles. The molecule has 1 rings (SSSR count). The molecule has 0 bridgehead atoms. The van der Waals surface area contributed by atoms with Gasteiger partial charge in [0, 0.05) is 11.5 Å². The van der Waals surface area contributed by atoms with Crippen molar-refractivity contribution in [3.8, 4) is 0 Å². The Kier molecular flexibility index (Phi) is 9.96. The summed E-state index contributed by atoms with van der Waals surface area (Å²) in [5.74, 6) is 0.603. The Labute approximate surface area is 136 Å². The normalized spacial score (nSPS) is 19.7. The predicted octanol–water partition coefficient (Wildman–Crippen LogP) is 5.57. The van der Waals surface area contributed by atoms with E-state index in [4.69, 9.17) is 21.1 Å². The summed E-state index contributed by atoms with van der Waals surface area (Å²) in [4.78, 5) is -0.0942. The molecular weight excluding hydrogens is 284 g/mol. The standard InChI is InChI=1S/C18H35ClO2/c1-4-5-6-7-8-9-11-16(18(2,3)19)12-10-13-20-14-17-15-21-17/h16-17H,4-15H2,1-3H3.